The number of aliphatic imine (C=N–C) groups is 1. The van der Waals surface area contributed by atoms with Crippen LogP contribution in [0.15, 0.2) is 51.6 Å². The number of methoxy groups -OCH3 is 1. The lowest BCUT2D eigenvalue weighted by atomic mass is 9.94. The molecule has 0 aliphatic carbocycles. The van der Waals surface area contributed by atoms with Crippen molar-refractivity contribution in [1.82, 2.24) is 4.90 Å². The second kappa shape index (κ2) is 6.73. The average Bonchev–Trinajstić information content (AvgIpc) is 2.94. The number of benzene rings is 1. The van der Waals surface area contributed by atoms with Gasteiger partial charge < -0.3 is 14.4 Å². The molecule has 1 aromatic rings. The molecule has 0 unspecified atom stereocenters. The van der Waals surface area contributed by atoms with Crippen molar-refractivity contribution >= 4 is 22.9 Å². The van der Waals surface area contributed by atoms with E-state index >= 15 is 0 Å². The standard InChI is InChI=1S/C18H20N2O3S/c1-5-23-17(21)15-12(3)19-18-20(11(2)10-24-18)16(15)13-6-8-14(22-4)9-7-13/h6-10,16H,5H2,1-4H3/t16-/m0/s1. The highest BCUT2D eigenvalue weighted by Gasteiger charge is 2.39. The Morgan fingerprint density at radius 1 is 1.29 bits per heavy atom. The van der Waals surface area contributed by atoms with E-state index in [4.69, 9.17) is 9.47 Å². The van der Waals surface area contributed by atoms with E-state index in [-0.39, 0.29) is 12.0 Å². The van der Waals surface area contributed by atoms with Crippen LogP contribution in [0.3, 0.4) is 0 Å². The lowest BCUT2D eigenvalue weighted by molar-refractivity contribution is -0.139. The molecule has 0 aromatic heterocycles. The van der Waals surface area contributed by atoms with Gasteiger partial charge in [0.1, 0.15) is 5.75 Å². The number of fused-ring (bicyclic) bond motifs is 1. The topological polar surface area (TPSA) is 51.1 Å². The fourth-order valence-corrected chi connectivity index (χ4v) is 3.84. The summed E-state index contributed by atoms with van der Waals surface area (Å²) in [5.74, 6) is 0.466. The molecule has 2 aliphatic heterocycles. The van der Waals surface area contributed by atoms with Gasteiger partial charge in [0.2, 0.25) is 0 Å². The van der Waals surface area contributed by atoms with Crippen LogP contribution in [0.4, 0.5) is 0 Å². The summed E-state index contributed by atoms with van der Waals surface area (Å²) < 4.78 is 10.5. The van der Waals surface area contributed by atoms with E-state index in [9.17, 15) is 4.79 Å². The Balaban J connectivity index is 2.10. The summed E-state index contributed by atoms with van der Waals surface area (Å²) in [5, 5.41) is 2.94. The highest BCUT2D eigenvalue weighted by atomic mass is 32.2. The molecule has 0 bridgehead atoms. The lowest BCUT2D eigenvalue weighted by Crippen LogP contribution is -2.36. The first-order valence-corrected chi connectivity index (χ1v) is 8.68. The minimum Gasteiger partial charge on any atom is -0.497 e. The number of hydrogen-bond acceptors (Lipinski definition) is 6. The molecule has 0 saturated heterocycles. The molecule has 1 aromatic carbocycles. The van der Waals surface area contributed by atoms with Crippen LogP contribution in [-0.2, 0) is 9.53 Å². The van der Waals surface area contributed by atoms with Gasteiger partial charge in [-0.1, -0.05) is 23.9 Å². The maximum Gasteiger partial charge on any atom is 0.338 e. The van der Waals surface area contributed by atoms with Crippen LogP contribution in [0.5, 0.6) is 5.75 Å². The largest absolute Gasteiger partial charge is 0.497 e. The van der Waals surface area contributed by atoms with Gasteiger partial charge in [-0.2, -0.15) is 0 Å². The Kier molecular flexibility index (Phi) is 4.66. The SMILES string of the molecule is CCOC(=O)C1=C(C)N=C2SC=C(C)N2[C@H]1c1ccc(OC)cc1. The zero-order valence-electron chi connectivity index (χ0n) is 14.2. The first-order valence-electron chi connectivity index (χ1n) is 7.80. The summed E-state index contributed by atoms with van der Waals surface area (Å²) in [6, 6.07) is 7.53. The molecule has 1 atom stereocenters. The van der Waals surface area contributed by atoms with Gasteiger partial charge in [0, 0.05) is 5.70 Å². The third-order valence-electron chi connectivity index (χ3n) is 4.03. The van der Waals surface area contributed by atoms with Crippen LogP contribution >= 0.6 is 11.8 Å². The van der Waals surface area contributed by atoms with Gasteiger partial charge in [-0.25, -0.2) is 9.79 Å². The van der Waals surface area contributed by atoms with Gasteiger partial charge in [-0.05, 0) is 43.9 Å². The normalized spacial score (nSPS) is 19.7. The first-order chi connectivity index (χ1) is 11.6. The molecule has 2 heterocycles. The minimum absolute atomic E-state index is 0.242. The molecule has 0 amide bonds. The van der Waals surface area contributed by atoms with E-state index in [0.717, 1.165) is 22.2 Å². The second-order valence-corrected chi connectivity index (χ2v) is 6.37. The molecule has 126 valence electrons. The Bertz CT molecular complexity index is 750. The zero-order valence-corrected chi connectivity index (χ0v) is 15.0. The van der Waals surface area contributed by atoms with E-state index < -0.39 is 0 Å². The maximum atomic E-state index is 12.6. The molecule has 0 N–H and O–H groups in total. The molecule has 0 saturated carbocycles. The van der Waals surface area contributed by atoms with E-state index in [0.29, 0.717) is 17.9 Å². The third-order valence-corrected chi connectivity index (χ3v) is 4.99. The maximum absolute atomic E-state index is 12.6. The first kappa shape index (κ1) is 16.6. The van der Waals surface area contributed by atoms with Gasteiger partial charge >= 0.3 is 5.97 Å². The average molecular weight is 344 g/mol. The number of allylic oxidation sites excluding steroid dienone is 2. The highest BCUT2D eigenvalue weighted by molar-refractivity contribution is 8.16. The summed E-state index contributed by atoms with van der Waals surface area (Å²) in [6.45, 7) is 6.03. The van der Waals surface area contributed by atoms with Gasteiger partial charge in [0.25, 0.3) is 0 Å². The van der Waals surface area contributed by atoms with Gasteiger partial charge in [-0.15, -0.1) is 0 Å². The number of carbonyl (C=O) groups is 1. The van der Waals surface area contributed by atoms with E-state index in [1.54, 1.807) is 18.9 Å². The van der Waals surface area contributed by atoms with Crippen LogP contribution < -0.4 is 4.74 Å². The molecule has 3 rings (SSSR count). The fraction of sp³-hybridized carbons (Fsp3) is 0.333. The number of esters is 1. The molecule has 5 nitrogen and oxygen atoms in total. The van der Waals surface area contributed by atoms with Crippen LogP contribution in [0, 0.1) is 0 Å². The number of hydrogen-bond donors (Lipinski definition) is 0. The van der Waals surface area contributed by atoms with Gasteiger partial charge in [0.15, 0.2) is 5.17 Å². The number of amidine groups is 1. The number of rotatable bonds is 4. The number of nitrogens with zero attached hydrogens (tertiary/aromatic N) is 2. The monoisotopic (exact) mass is 344 g/mol. The highest BCUT2D eigenvalue weighted by Crippen LogP contribution is 2.43. The van der Waals surface area contributed by atoms with Gasteiger partial charge in [0.05, 0.1) is 31.0 Å². The number of thioether (sulfide) groups is 1. The molecule has 6 heteroatoms. The molecule has 0 fully saturated rings. The van der Waals surface area contributed by atoms with E-state index in [1.165, 1.54) is 0 Å². The van der Waals surface area contributed by atoms with Crippen LogP contribution in [0.2, 0.25) is 0 Å². The van der Waals surface area contributed by atoms with Crippen molar-refractivity contribution in [2.45, 2.75) is 26.8 Å². The van der Waals surface area contributed by atoms with Crippen molar-refractivity contribution in [2.75, 3.05) is 13.7 Å². The molecule has 2 aliphatic rings. The molecular formula is C18H20N2O3S. The second-order valence-electron chi connectivity index (χ2n) is 5.54. The Labute approximate surface area is 146 Å². The molecule has 0 spiro atoms. The number of ether oxygens (including phenoxy) is 2. The van der Waals surface area contributed by atoms with Crippen LogP contribution in [-0.4, -0.2) is 29.8 Å². The van der Waals surface area contributed by atoms with Crippen molar-refractivity contribution in [3.05, 3.63) is 52.2 Å². The van der Waals surface area contributed by atoms with Gasteiger partial charge in [-0.3, -0.25) is 0 Å². The van der Waals surface area contributed by atoms with Crippen molar-refractivity contribution in [1.29, 1.82) is 0 Å². The van der Waals surface area contributed by atoms with Crippen molar-refractivity contribution < 1.29 is 14.3 Å². The summed E-state index contributed by atoms with van der Waals surface area (Å²) >= 11 is 1.57. The quantitative estimate of drug-likeness (QED) is 0.777. The molecular weight excluding hydrogens is 324 g/mol. The predicted octanol–water partition coefficient (Wildman–Crippen LogP) is 3.85. The summed E-state index contributed by atoms with van der Waals surface area (Å²) in [7, 11) is 1.64. The predicted molar refractivity (Wildman–Crippen MR) is 95.7 cm³/mol. The van der Waals surface area contributed by atoms with Crippen molar-refractivity contribution in [2.24, 2.45) is 4.99 Å². The summed E-state index contributed by atoms with van der Waals surface area (Å²) in [6.07, 6.45) is 0. The van der Waals surface area contributed by atoms with Crippen LogP contribution in [0.25, 0.3) is 0 Å². The van der Waals surface area contributed by atoms with Crippen LogP contribution in [0.1, 0.15) is 32.4 Å². The third kappa shape index (κ3) is 2.82. The van der Waals surface area contributed by atoms with E-state index in [2.05, 4.69) is 15.3 Å². The van der Waals surface area contributed by atoms with Crippen molar-refractivity contribution in [3.63, 3.8) is 0 Å². The molecule has 24 heavy (non-hydrogen) atoms. The Hall–Kier alpha value is -2.21. The minimum atomic E-state index is -0.316. The Morgan fingerprint density at radius 2 is 2.00 bits per heavy atom. The number of carbonyl (C=O) groups excluding carboxylic acids is 1. The summed E-state index contributed by atoms with van der Waals surface area (Å²) in [4.78, 5) is 19.3. The van der Waals surface area contributed by atoms with Crippen molar-refractivity contribution in [3.8, 4) is 5.75 Å². The fourth-order valence-electron chi connectivity index (χ4n) is 2.90. The lowest BCUT2D eigenvalue weighted by Gasteiger charge is -2.35. The smallest absolute Gasteiger partial charge is 0.338 e. The van der Waals surface area contributed by atoms with E-state index in [1.807, 2.05) is 45.0 Å². The molecule has 0 radical (unpaired) electrons. The zero-order chi connectivity index (χ0) is 17.3. The summed E-state index contributed by atoms with van der Waals surface area (Å²) in [5.41, 5.74) is 3.35. The Morgan fingerprint density at radius 3 is 2.62 bits per heavy atom.